The highest BCUT2D eigenvalue weighted by Crippen LogP contribution is 2.27. The molecular weight excluding hydrogens is 308 g/mol. The zero-order valence-electron chi connectivity index (χ0n) is 11.9. The third-order valence-corrected chi connectivity index (χ3v) is 4.95. The fourth-order valence-corrected chi connectivity index (χ4v) is 3.38. The number of aryl methyl sites for hydroxylation is 2. The molecule has 0 heterocycles. The Labute approximate surface area is 130 Å². The standard InChI is InChI=1S/C15H17ClN2O2S/c1-3-11-6-4-5-10(2)15(11)18-21(19,20)12-7-8-13(16)14(17)9-12/h4-9,18H,3,17H2,1-2H3. The van der Waals surface area contributed by atoms with Crippen LogP contribution in [0.1, 0.15) is 18.1 Å². The summed E-state index contributed by atoms with van der Waals surface area (Å²) in [6.07, 6.45) is 0.738. The van der Waals surface area contributed by atoms with Crippen LogP contribution >= 0.6 is 11.6 Å². The minimum Gasteiger partial charge on any atom is -0.397 e. The fraction of sp³-hybridized carbons (Fsp3) is 0.200. The van der Waals surface area contributed by atoms with Gasteiger partial charge in [-0.1, -0.05) is 36.7 Å². The first kappa shape index (κ1) is 15.7. The Kier molecular flexibility index (Phi) is 4.44. The smallest absolute Gasteiger partial charge is 0.261 e. The number of para-hydroxylation sites is 1. The maximum atomic E-state index is 12.5. The summed E-state index contributed by atoms with van der Waals surface area (Å²) in [6, 6.07) is 9.95. The highest BCUT2D eigenvalue weighted by molar-refractivity contribution is 7.92. The van der Waals surface area contributed by atoms with Crippen molar-refractivity contribution in [3.8, 4) is 0 Å². The molecule has 0 saturated heterocycles. The number of hydrogen-bond donors (Lipinski definition) is 2. The lowest BCUT2D eigenvalue weighted by atomic mass is 10.1. The molecule has 0 aliphatic carbocycles. The largest absolute Gasteiger partial charge is 0.397 e. The van der Waals surface area contributed by atoms with Crippen LogP contribution in [0.5, 0.6) is 0 Å². The van der Waals surface area contributed by atoms with Crippen LogP contribution in [-0.4, -0.2) is 8.42 Å². The molecule has 0 aliphatic rings. The van der Waals surface area contributed by atoms with Crippen molar-refractivity contribution in [3.05, 3.63) is 52.5 Å². The summed E-state index contributed by atoms with van der Waals surface area (Å²) in [5, 5.41) is 0.332. The molecule has 0 aromatic heterocycles. The number of benzene rings is 2. The van der Waals surface area contributed by atoms with Gasteiger partial charge in [0.15, 0.2) is 0 Å². The van der Waals surface area contributed by atoms with Crippen molar-refractivity contribution in [1.82, 2.24) is 0 Å². The van der Waals surface area contributed by atoms with Gasteiger partial charge in [0.25, 0.3) is 10.0 Å². The van der Waals surface area contributed by atoms with Gasteiger partial charge >= 0.3 is 0 Å². The van der Waals surface area contributed by atoms with Gasteiger partial charge in [-0.05, 0) is 42.7 Å². The predicted octanol–water partition coefficient (Wildman–Crippen LogP) is 3.59. The van der Waals surface area contributed by atoms with E-state index < -0.39 is 10.0 Å². The highest BCUT2D eigenvalue weighted by Gasteiger charge is 2.17. The van der Waals surface area contributed by atoms with Gasteiger partial charge in [0.05, 0.1) is 21.3 Å². The summed E-state index contributed by atoms with van der Waals surface area (Å²) in [4.78, 5) is 0.0923. The average Bonchev–Trinajstić information content (AvgIpc) is 2.43. The van der Waals surface area contributed by atoms with Crippen molar-refractivity contribution in [1.29, 1.82) is 0 Å². The summed E-state index contributed by atoms with van der Waals surface area (Å²) >= 11 is 5.82. The number of halogens is 1. The zero-order chi connectivity index (χ0) is 15.6. The first-order valence-electron chi connectivity index (χ1n) is 6.51. The molecule has 0 amide bonds. The lowest BCUT2D eigenvalue weighted by Crippen LogP contribution is -2.15. The van der Waals surface area contributed by atoms with Crippen LogP contribution in [0.15, 0.2) is 41.3 Å². The molecule has 0 saturated carbocycles. The van der Waals surface area contributed by atoms with Crippen molar-refractivity contribution in [2.45, 2.75) is 25.2 Å². The summed E-state index contributed by atoms with van der Waals surface area (Å²) in [5.41, 5.74) is 8.35. The van der Waals surface area contributed by atoms with Crippen LogP contribution in [0.4, 0.5) is 11.4 Å². The van der Waals surface area contributed by atoms with Crippen LogP contribution < -0.4 is 10.5 Å². The van der Waals surface area contributed by atoms with Crippen LogP contribution in [0.25, 0.3) is 0 Å². The minimum absolute atomic E-state index is 0.0923. The Bertz CT molecular complexity index is 773. The number of nitrogens with two attached hydrogens (primary N) is 1. The molecule has 0 spiro atoms. The molecule has 0 unspecified atom stereocenters. The Hall–Kier alpha value is -1.72. The lowest BCUT2D eigenvalue weighted by molar-refractivity contribution is 0.601. The summed E-state index contributed by atoms with van der Waals surface area (Å²) in [6.45, 7) is 3.85. The monoisotopic (exact) mass is 324 g/mol. The van der Waals surface area contributed by atoms with Gasteiger partial charge in [-0.15, -0.1) is 0 Å². The summed E-state index contributed by atoms with van der Waals surface area (Å²) in [5.74, 6) is 0. The maximum Gasteiger partial charge on any atom is 0.261 e. The van der Waals surface area contributed by atoms with Gasteiger partial charge in [0.1, 0.15) is 0 Å². The van der Waals surface area contributed by atoms with E-state index in [9.17, 15) is 8.42 Å². The Balaban J connectivity index is 2.44. The van der Waals surface area contributed by atoms with E-state index in [1.54, 1.807) is 0 Å². The second kappa shape index (κ2) is 5.95. The van der Waals surface area contributed by atoms with Gasteiger partial charge in [0, 0.05) is 0 Å². The van der Waals surface area contributed by atoms with E-state index in [2.05, 4.69) is 4.72 Å². The maximum absolute atomic E-state index is 12.5. The molecule has 112 valence electrons. The molecule has 6 heteroatoms. The SMILES string of the molecule is CCc1cccc(C)c1NS(=O)(=O)c1ccc(Cl)c(N)c1. The number of hydrogen-bond acceptors (Lipinski definition) is 3. The van der Waals surface area contributed by atoms with Gasteiger partial charge in [0.2, 0.25) is 0 Å². The second-order valence-corrected chi connectivity index (χ2v) is 6.84. The molecule has 0 fully saturated rings. The average molecular weight is 325 g/mol. The number of rotatable bonds is 4. The van der Waals surface area contributed by atoms with E-state index in [1.807, 2.05) is 32.0 Å². The van der Waals surface area contributed by atoms with Crippen LogP contribution in [0.3, 0.4) is 0 Å². The van der Waals surface area contributed by atoms with E-state index in [0.717, 1.165) is 17.5 Å². The topological polar surface area (TPSA) is 72.2 Å². The van der Waals surface area contributed by atoms with Gasteiger partial charge in [-0.2, -0.15) is 0 Å². The van der Waals surface area contributed by atoms with Crippen LogP contribution in [0.2, 0.25) is 5.02 Å². The normalized spacial score (nSPS) is 11.4. The second-order valence-electron chi connectivity index (χ2n) is 4.75. The molecule has 2 aromatic rings. The van der Waals surface area contributed by atoms with Gasteiger partial charge in [-0.25, -0.2) is 8.42 Å². The van der Waals surface area contributed by atoms with Crippen molar-refractivity contribution in [2.24, 2.45) is 0 Å². The van der Waals surface area contributed by atoms with Crippen LogP contribution in [0, 0.1) is 6.92 Å². The number of nitrogen functional groups attached to an aromatic ring is 1. The molecule has 4 nitrogen and oxygen atoms in total. The van der Waals surface area contributed by atoms with Crippen molar-refractivity contribution < 1.29 is 8.42 Å². The molecular formula is C15H17ClN2O2S. The van der Waals surface area contributed by atoms with E-state index in [4.69, 9.17) is 17.3 Å². The molecule has 0 bridgehead atoms. The van der Waals surface area contributed by atoms with Crippen molar-refractivity contribution in [2.75, 3.05) is 10.5 Å². The van der Waals surface area contributed by atoms with E-state index in [1.165, 1.54) is 18.2 Å². The van der Waals surface area contributed by atoms with Crippen molar-refractivity contribution >= 4 is 33.0 Å². The third kappa shape index (κ3) is 3.31. The first-order chi connectivity index (χ1) is 9.85. The molecule has 2 aromatic carbocycles. The van der Waals surface area contributed by atoms with Gasteiger partial charge in [-0.3, -0.25) is 4.72 Å². The van der Waals surface area contributed by atoms with Crippen molar-refractivity contribution in [3.63, 3.8) is 0 Å². The molecule has 3 N–H and O–H groups in total. The number of nitrogens with one attached hydrogen (secondary N) is 1. The Morgan fingerprint density at radius 1 is 1.24 bits per heavy atom. The molecule has 0 atom stereocenters. The van der Waals surface area contributed by atoms with E-state index in [0.29, 0.717) is 10.7 Å². The summed E-state index contributed by atoms with van der Waals surface area (Å²) < 4.78 is 27.6. The lowest BCUT2D eigenvalue weighted by Gasteiger charge is -2.14. The first-order valence-corrected chi connectivity index (χ1v) is 8.37. The number of sulfonamides is 1. The predicted molar refractivity (Wildman–Crippen MR) is 87.2 cm³/mol. The van der Waals surface area contributed by atoms with E-state index in [-0.39, 0.29) is 10.6 Å². The highest BCUT2D eigenvalue weighted by atomic mass is 35.5. The number of anilines is 2. The molecule has 21 heavy (non-hydrogen) atoms. The molecule has 0 aliphatic heterocycles. The van der Waals surface area contributed by atoms with Gasteiger partial charge < -0.3 is 5.73 Å². The molecule has 2 rings (SSSR count). The minimum atomic E-state index is -3.70. The quantitative estimate of drug-likeness (QED) is 0.844. The van der Waals surface area contributed by atoms with Crippen LogP contribution in [-0.2, 0) is 16.4 Å². The zero-order valence-corrected chi connectivity index (χ0v) is 13.4. The third-order valence-electron chi connectivity index (χ3n) is 3.25. The summed E-state index contributed by atoms with van der Waals surface area (Å²) in [7, 11) is -3.70. The fourth-order valence-electron chi connectivity index (χ4n) is 2.05. The Morgan fingerprint density at radius 2 is 1.95 bits per heavy atom. The van der Waals surface area contributed by atoms with E-state index >= 15 is 0 Å². The Morgan fingerprint density at radius 3 is 2.57 bits per heavy atom. The molecule has 0 radical (unpaired) electrons.